The van der Waals surface area contributed by atoms with Crippen LogP contribution in [-0.2, 0) is 10.0 Å². The normalized spacial score (nSPS) is 17.1. The Labute approximate surface area is 140 Å². The van der Waals surface area contributed by atoms with Crippen molar-refractivity contribution < 1.29 is 8.42 Å². The van der Waals surface area contributed by atoms with Crippen molar-refractivity contribution >= 4 is 23.9 Å². The van der Waals surface area contributed by atoms with Crippen LogP contribution in [0.15, 0.2) is 35.9 Å². The Kier molecular flexibility index (Phi) is 5.63. The predicted molar refractivity (Wildman–Crippen MR) is 97.2 cm³/mol. The summed E-state index contributed by atoms with van der Waals surface area (Å²) in [6, 6.07) is 5.75. The number of hydrogen-bond donors (Lipinski definition) is 0. The fraction of sp³-hybridized carbons (Fsp3) is 0.438. The minimum atomic E-state index is -3.39. The van der Waals surface area contributed by atoms with E-state index in [1.54, 1.807) is 6.20 Å². The zero-order chi connectivity index (χ0) is 16.9. The van der Waals surface area contributed by atoms with Crippen molar-refractivity contribution in [3.8, 4) is 11.5 Å². The largest absolute Gasteiger partial charge is 0.354 e. The van der Waals surface area contributed by atoms with Gasteiger partial charge in [-0.05, 0) is 12.1 Å². The summed E-state index contributed by atoms with van der Waals surface area (Å²) in [6.07, 6.45) is 3.21. The summed E-state index contributed by atoms with van der Waals surface area (Å²) in [4.78, 5) is 6.40. The summed E-state index contributed by atoms with van der Waals surface area (Å²) in [7, 11) is -4.86. The van der Waals surface area contributed by atoms with Crippen LogP contribution in [0, 0.1) is 11.5 Å². The van der Waals surface area contributed by atoms with E-state index < -0.39 is 18.1 Å². The molecule has 1 aromatic rings. The average Bonchev–Trinajstić information content (AvgIpc) is 2.52. The summed E-state index contributed by atoms with van der Waals surface area (Å²) < 4.78 is 26.1. The highest BCUT2D eigenvalue weighted by molar-refractivity contribution is 7.92. The molecule has 23 heavy (non-hydrogen) atoms. The third kappa shape index (κ3) is 5.50. The van der Waals surface area contributed by atoms with Crippen LogP contribution in [0.4, 0.5) is 5.82 Å². The summed E-state index contributed by atoms with van der Waals surface area (Å²) in [6.45, 7) is 8.59. The van der Waals surface area contributed by atoms with Crippen molar-refractivity contribution in [1.29, 1.82) is 0 Å². The molecule has 0 amide bonds. The van der Waals surface area contributed by atoms with E-state index in [0.29, 0.717) is 26.2 Å². The highest BCUT2D eigenvalue weighted by atomic mass is 32.2. The number of piperazine rings is 1. The van der Waals surface area contributed by atoms with Gasteiger partial charge in [0, 0.05) is 38.5 Å². The predicted octanol–water partition coefficient (Wildman–Crippen LogP) is 1.93. The van der Waals surface area contributed by atoms with E-state index in [2.05, 4.69) is 41.0 Å². The smallest absolute Gasteiger partial charge is 0.236 e. The second-order valence-electron chi connectivity index (χ2n) is 6.44. The number of rotatable bonds is 3. The Bertz CT molecular complexity index is 707. The van der Waals surface area contributed by atoms with Gasteiger partial charge in [0.1, 0.15) is 13.9 Å². The molecule has 1 aromatic heterocycles. The summed E-state index contributed by atoms with van der Waals surface area (Å²) >= 11 is 0. The molecular weight excluding hydrogens is 326 g/mol. The van der Waals surface area contributed by atoms with Crippen molar-refractivity contribution in [2.45, 2.75) is 19.6 Å². The molecule has 0 saturated carbocycles. The van der Waals surface area contributed by atoms with Gasteiger partial charge in [0.2, 0.25) is 10.0 Å². The molecule has 0 aromatic carbocycles. The van der Waals surface area contributed by atoms with Crippen LogP contribution in [0.5, 0.6) is 0 Å². The van der Waals surface area contributed by atoms with Crippen molar-refractivity contribution in [2.75, 3.05) is 31.1 Å². The highest BCUT2D eigenvalue weighted by Crippen LogP contribution is 2.15. The van der Waals surface area contributed by atoms with Crippen LogP contribution in [0.3, 0.4) is 0 Å². The summed E-state index contributed by atoms with van der Waals surface area (Å²) in [5.41, 5.74) is 3.13. The van der Waals surface area contributed by atoms with Gasteiger partial charge in [-0.15, -0.1) is 5.54 Å². The maximum atomic E-state index is 12.3. The third-order valence-electron chi connectivity index (χ3n) is 3.34. The lowest BCUT2D eigenvalue weighted by Gasteiger charge is -2.33. The van der Waals surface area contributed by atoms with Gasteiger partial charge in [-0.25, -0.2) is 13.4 Å². The molecule has 0 aliphatic carbocycles. The number of hydrogen-bond acceptors (Lipinski definition) is 4. The maximum absolute atomic E-state index is 12.3. The molecule has 7 heteroatoms. The first kappa shape index (κ1) is 17.7. The van der Waals surface area contributed by atoms with Gasteiger partial charge in [-0.2, -0.15) is 4.31 Å². The maximum Gasteiger partial charge on any atom is 0.236 e. The minimum Gasteiger partial charge on any atom is -0.354 e. The Balaban J connectivity index is 1.96. The molecule has 2 rings (SSSR count). The lowest BCUT2D eigenvalue weighted by atomic mass is 10.3. The van der Waals surface area contributed by atoms with E-state index in [0.717, 1.165) is 5.82 Å². The van der Waals surface area contributed by atoms with Crippen LogP contribution in [0.25, 0.3) is 0 Å². The van der Waals surface area contributed by atoms with Crippen molar-refractivity contribution in [1.82, 2.24) is 9.29 Å². The molecule has 0 radical (unpaired) electrons. The van der Waals surface area contributed by atoms with Crippen molar-refractivity contribution in [3.05, 3.63) is 35.9 Å². The number of allylic oxidation sites excluding steroid dienone is 1. The van der Waals surface area contributed by atoms with Crippen molar-refractivity contribution in [3.63, 3.8) is 0 Å². The molecule has 0 bridgehead atoms. The quantitative estimate of drug-likeness (QED) is 0.618. The van der Waals surface area contributed by atoms with Gasteiger partial charge >= 0.3 is 0 Å². The second-order valence-corrected chi connectivity index (χ2v) is 13.0. The second kappa shape index (κ2) is 7.30. The van der Waals surface area contributed by atoms with Crippen molar-refractivity contribution in [2.24, 2.45) is 0 Å². The molecule has 0 N–H and O–H groups in total. The molecule has 1 aliphatic rings. The van der Waals surface area contributed by atoms with Crippen LogP contribution in [-0.4, -0.2) is 52.0 Å². The number of sulfonamides is 1. The monoisotopic (exact) mass is 349 g/mol. The first-order valence-corrected chi connectivity index (χ1v) is 12.6. The van der Waals surface area contributed by atoms with E-state index in [1.165, 1.54) is 15.8 Å². The van der Waals surface area contributed by atoms with E-state index >= 15 is 0 Å². The standard InChI is InChI=1S/C16H23N3O2SSi/c1-23(2,3)15-7-6-14-22(20,21)19-12-10-18(11-13-19)16-8-4-5-9-17-16/h4-6,8-9,14H,10-13H2,1-3H3/b14-6+. The first-order chi connectivity index (χ1) is 10.8. The molecular formula is C16H23N3O2SSi. The number of nitrogens with zero attached hydrogens (tertiary/aromatic N) is 3. The zero-order valence-corrected chi connectivity index (χ0v) is 15.7. The Morgan fingerprint density at radius 1 is 1.17 bits per heavy atom. The number of pyridine rings is 1. The topological polar surface area (TPSA) is 53.5 Å². The minimum absolute atomic E-state index is 0.463. The van der Waals surface area contributed by atoms with E-state index in [1.807, 2.05) is 18.2 Å². The molecule has 0 atom stereocenters. The van der Waals surface area contributed by atoms with E-state index in [-0.39, 0.29) is 0 Å². The van der Waals surface area contributed by atoms with Crippen LogP contribution in [0.1, 0.15) is 0 Å². The van der Waals surface area contributed by atoms with Gasteiger partial charge < -0.3 is 4.90 Å². The Morgan fingerprint density at radius 3 is 2.43 bits per heavy atom. The molecule has 0 spiro atoms. The zero-order valence-electron chi connectivity index (χ0n) is 13.9. The molecule has 2 heterocycles. The molecule has 1 aliphatic heterocycles. The molecule has 124 valence electrons. The van der Waals surface area contributed by atoms with Gasteiger partial charge in [0.05, 0.1) is 5.41 Å². The lowest BCUT2D eigenvalue weighted by Crippen LogP contribution is -2.48. The average molecular weight is 350 g/mol. The van der Waals surface area contributed by atoms with Gasteiger partial charge in [-0.3, -0.25) is 0 Å². The number of anilines is 1. The molecule has 1 saturated heterocycles. The first-order valence-electron chi connectivity index (χ1n) is 7.63. The van der Waals surface area contributed by atoms with Crippen LogP contribution < -0.4 is 4.90 Å². The molecule has 1 fully saturated rings. The fourth-order valence-electron chi connectivity index (χ4n) is 2.18. The Hall–Kier alpha value is -1.62. The van der Waals surface area contributed by atoms with E-state index in [9.17, 15) is 8.42 Å². The Morgan fingerprint density at radius 2 is 1.87 bits per heavy atom. The molecule has 0 unspecified atom stereocenters. The SMILES string of the molecule is C[Si](C)(C)C#C/C=C/S(=O)(=O)N1CCN(c2ccccn2)CC1. The number of aromatic nitrogens is 1. The summed E-state index contributed by atoms with van der Waals surface area (Å²) in [5.74, 6) is 3.75. The fourth-order valence-corrected chi connectivity index (χ4v) is 3.78. The lowest BCUT2D eigenvalue weighted by molar-refractivity contribution is 0.389. The van der Waals surface area contributed by atoms with Crippen LogP contribution in [0.2, 0.25) is 19.6 Å². The van der Waals surface area contributed by atoms with Gasteiger partial charge in [-0.1, -0.05) is 31.6 Å². The third-order valence-corrected chi connectivity index (χ3v) is 5.80. The van der Waals surface area contributed by atoms with Crippen LogP contribution >= 0.6 is 0 Å². The van der Waals surface area contributed by atoms with Gasteiger partial charge in [0.15, 0.2) is 0 Å². The van der Waals surface area contributed by atoms with E-state index in [4.69, 9.17) is 0 Å². The molecule has 5 nitrogen and oxygen atoms in total. The van der Waals surface area contributed by atoms with Gasteiger partial charge in [0.25, 0.3) is 0 Å². The summed E-state index contributed by atoms with van der Waals surface area (Å²) in [5, 5.41) is 1.22. The highest BCUT2D eigenvalue weighted by Gasteiger charge is 2.25.